The van der Waals surface area contributed by atoms with Crippen molar-refractivity contribution < 1.29 is 14.3 Å². The van der Waals surface area contributed by atoms with Gasteiger partial charge in [0.15, 0.2) is 0 Å². The third kappa shape index (κ3) is 2.19. The number of methoxy groups -OCH3 is 2. The Bertz CT molecular complexity index is 172. The molecule has 0 spiro atoms. The summed E-state index contributed by atoms with van der Waals surface area (Å²) in [6, 6.07) is 0. The summed E-state index contributed by atoms with van der Waals surface area (Å²) in [5.74, 6) is 0.168. The molecule has 0 N–H and O–H groups in total. The molecule has 1 fully saturated rings. The van der Waals surface area contributed by atoms with Crippen molar-refractivity contribution in [2.45, 2.75) is 25.6 Å². The van der Waals surface area contributed by atoms with Crippen LogP contribution in [-0.2, 0) is 14.3 Å². The second-order valence-electron chi connectivity index (χ2n) is 3.20. The first kappa shape index (κ1) is 10.5. The van der Waals surface area contributed by atoms with E-state index in [0.717, 1.165) is 0 Å². The first-order valence-corrected chi connectivity index (χ1v) is 4.56. The zero-order valence-corrected chi connectivity index (χ0v) is 8.45. The minimum Gasteiger partial charge on any atom is -0.377 e. The summed E-state index contributed by atoms with van der Waals surface area (Å²) in [7, 11) is 3.30. The van der Waals surface area contributed by atoms with Crippen LogP contribution in [0.1, 0.15) is 13.3 Å². The summed E-state index contributed by atoms with van der Waals surface area (Å²) in [6.07, 6.45) is 0.605. The Morgan fingerprint density at radius 3 is 2.08 bits per heavy atom. The molecule has 0 radical (unpaired) electrons. The monoisotopic (exact) mass is 187 g/mol. The largest absolute Gasteiger partial charge is 0.377 e. The molecular formula is C9H17NO3. The molecule has 1 heterocycles. The van der Waals surface area contributed by atoms with Crippen LogP contribution in [0.2, 0.25) is 0 Å². The van der Waals surface area contributed by atoms with Gasteiger partial charge in [0.05, 0.1) is 0 Å². The summed E-state index contributed by atoms with van der Waals surface area (Å²) in [4.78, 5) is 13.1. The smallest absolute Gasteiger partial charge is 0.222 e. The maximum absolute atomic E-state index is 11.4. The number of ether oxygens (including phenoxy) is 2. The number of likely N-dealkylation sites (tertiary alicyclic amines) is 1. The van der Waals surface area contributed by atoms with Crippen LogP contribution in [0.5, 0.6) is 0 Å². The maximum atomic E-state index is 11.4. The lowest BCUT2D eigenvalue weighted by molar-refractivity contribution is -0.130. The predicted octanol–water partition coefficient (Wildman–Crippen LogP) is 0.269. The topological polar surface area (TPSA) is 38.8 Å². The van der Waals surface area contributed by atoms with Crippen LogP contribution in [0.3, 0.4) is 0 Å². The highest BCUT2D eigenvalue weighted by Gasteiger charge is 2.34. The van der Waals surface area contributed by atoms with Crippen LogP contribution in [0.4, 0.5) is 0 Å². The molecule has 0 bridgehead atoms. The van der Waals surface area contributed by atoms with Crippen molar-refractivity contribution in [3.63, 3.8) is 0 Å². The molecule has 4 heteroatoms. The average molecular weight is 187 g/mol. The zero-order chi connectivity index (χ0) is 9.84. The first-order chi connectivity index (χ1) is 6.22. The van der Waals surface area contributed by atoms with Gasteiger partial charge in [-0.3, -0.25) is 4.79 Å². The van der Waals surface area contributed by atoms with Crippen LogP contribution in [0.15, 0.2) is 0 Å². The summed E-state index contributed by atoms with van der Waals surface area (Å²) >= 11 is 0. The molecule has 4 nitrogen and oxygen atoms in total. The van der Waals surface area contributed by atoms with Crippen molar-refractivity contribution in [3.8, 4) is 0 Å². The molecule has 1 aliphatic rings. The average Bonchev–Trinajstić information content (AvgIpc) is 2.59. The lowest BCUT2D eigenvalue weighted by Gasteiger charge is -2.13. The van der Waals surface area contributed by atoms with E-state index in [2.05, 4.69) is 0 Å². The van der Waals surface area contributed by atoms with Crippen LogP contribution in [0.25, 0.3) is 0 Å². The summed E-state index contributed by atoms with van der Waals surface area (Å²) in [6.45, 7) is 3.17. The summed E-state index contributed by atoms with van der Waals surface area (Å²) in [5, 5.41) is 0. The van der Waals surface area contributed by atoms with E-state index in [1.54, 1.807) is 19.1 Å². The van der Waals surface area contributed by atoms with Crippen molar-refractivity contribution in [3.05, 3.63) is 0 Å². The minimum atomic E-state index is 0.0282. The fraction of sp³-hybridized carbons (Fsp3) is 0.889. The fourth-order valence-electron chi connectivity index (χ4n) is 1.62. The van der Waals surface area contributed by atoms with E-state index in [1.165, 1.54) is 0 Å². The number of carbonyl (C=O) groups is 1. The van der Waals surface area contributed by atoms with Gasteiger partial charge in [0.25, 0.3) is 0 Å². The van der Waals surface area contributed by atoms with E-state index in [-0.39, 0.29) is 18.1 Å². The molecular weight excluding hydrogens is 170 g/mol. The van der Waals surface area contributed by atoms with Gasteiger partial charge in [-0.05, 0) is 0 Å². The number of hydrogen-bond donors (Lipinski definition) is 0. The van der Waals surface area contributed by atoms with Crippen molar-refractivity contribution >= 4 is 5.91 Å². The molecule has 0 aliphatic carbocycles. The highest BCUT2D eigenvalue weighted by Crippen LogP contribution is 2.16. The lowest BCUT2D eigenvalue weighted by atomic mass is 10.3. The van der Waals surface area contributed by atoms with Gasteiger partial charge in [0, 0.05) is 33.7 Å². The van der Waals surface area contributed by atoms with Crippen molar-refractivity contribution in [2.24, 2.45) is 0 Å². The highest BCUT2D eigenvalue weighted by molar-refractivity contribution is 5.76. The second-order valence-corrected chi connectivity index (χ2v) is 3.20. The van der Waals surface area contributed by atoms with E-state index in [9.17, 15) is 4.79 Å². The van der Waals surface area contributed by atoms with E-state index in [4.69, 9.17) is 9.47 Å². The van der Waals surface area contributed by atoms with Gasteiger partial charge in [-0.2, -0.15) is 0 Å². The van der Waals surface area contributed by atoms with E-state index < -0.39 is 0 Å². The Hall–Kier alpha value is -0.610. The molecule has 1 amide bonds. The molecule has 1 saturated heterocycles. The number of rotatable bonds is 3. The van der Waals surface area contributed by atoms with Crippen LogP contribution in [0, 0.1) is 0 Å². The summed E-state index contributed by atoms with van der Waals surface area (Å²) < 4.78 is 10.4. The predicted molar refractivity (Wildman–Crippen MR) is 48.5 cm³/mol. The van der Waals surface area contributed by atoms with Crippen molar-refractivity contribution in [2.75, 3.05) is 27.3 Å². The zero-order valence-electron chi connectivity index (χ0n) is 8.45. The van der Waals surface area contributed by atoms with E-state index >= 15 is 0 Å². The Morgan fingerprint density at radius 2 is 1.77 bits per heavy atom. The van der Waals surface area contributed by atoms with Gasteiger partial charge in [-0.1, -0.05) is 6.92 Å². The minimum absolute atomic E-state index is 0.0282. The summed E-state index contributed by atoms with van der Waals surface area (Å²) in [5.41, 5.74) is 0. The molecule has 0 saturated carbocycles. The number of nitrogens with zero attached hydrogens (tertiary/aromatic N) is 1. The number of hydrogen-bond acceptors (Lipinski definition) is 3. The fourth-order valence-corrected chi connectivity index (χ4v) is 1.62. The third-order valence-electron chi connectivity index (χ3n) is 2.48. The van der Waals surface area contributed by atoms with Gasteiger partial charge in [0.2, 0.25) is 5.91 Å². The number of carbonyl (C=O) groups excluding carboxylic acids is 1. The molecule has 1 aliphatic heterocycles. The van der Waals surface area contributed by atoms with Gasteiger partial charge in [-0.15, -0.1) is 0 Å². The highest BCUT2D eigenvalue weighted by atomic mass is 16.5. The third-order valence-corrected chi connectivity index (χ3v) is 2.48. The molecule has 0 aromatic heterocycles. The Balaban J connectivity index is 2.52. The van der Waals surface area contributed by atoms with Gasteiger partial charge in [-0.25, -0.2) is 0 Å². The molecule has 1 rings (SSSR count). The van der Waals surface area contributed by atoms with Gasteiger partial charge >= 0.3 is 0 Å². The van der Waals surface area contributed by atoms with Crippen LogP contribution in [-0.4, -0.2) is 50.3 Å². The first-order valence-electron chi connectivity index (χ1n) is 4.56. The van der Waals surface area contributed by atoms with Crippen LogP contribution < -0.4 is 0 Å². The van der Waals surface area contributed by atoms with Crippen molar-refractivity contribution in [1.29, 1.82) is 0 Å². The van der Waals surface area contributed by atoms with Crippen LogP contribution >= 0.6 is 0 Å². The van der Waals surface area contributed by atoms with Crippen molar-refractivity contribution in [1.82, 2.24) is 4.90 Å². The SMILES string of the molecule is CCC(=O)N1C[C@H](OC)[C@H](OC)C1. The van der Waals surface area contributed by atoms with Gasteiger partial charge in [0.1, 0.15) is 12.2 Å². The Labute approximate surface area is 78.8 Å². The molecule has 0 aromatic carbocycles. The van der Waals surface area contributed by atoms with E-state index in [1.807, 2.05) is 6.92 Å². The number of amides is 1. The second kappa shape index (κ2) is 4.58. The Kier molecular flexibility index (Phi) is 3.69. The molecule has 0 aromatic rings. The molecule has 76 valence electrons. The van der Waals surface area contributed by atoms with Gasteiger partial charge < -0.3 is 14.4 Å². The molecule has 13 heavy (non-hydrogen) atoms. The standard InChI is InChI=1S/C9H17NO3/c1-4-9(11)10-5-7(12-2)8(6-10)13-3/h7-8H,4-6H2,1-3H3/t7-,8+. The lowest BCUT2D eigenvalue weighted by Crippen LogP contribution is -2.29. The quantitative estimate of drug-likeness (QED) is 0.636. The van der Waals surface area contributed by atoms with E-state index in [0.29, 0.717) is 19.5 Å². The Morgan fingerprint density at radius 1 is 1.31 bits per heavy atom. The normalized spacial score (nSPS) is 28.1. The molecule has 0 unspecified atom stereocenters. The molecule has 2 atom stereocenters. The maximum Gasteiger partial charge on any atom is 0.222 e.